The number of aryl methyl sites for hydroxylation is 1. The van der Waals surface area contributed by atoms with Gasteiger partial charge in [0.15, 0.2) is 0 Å². The van der Waals surface area contributed by atoms with Crippen LogP contribution in [0.1, 0.15) is 25.6 Å². The molecule has 0 saturated heterocycles. The predicted molar refractivity (Wildman–Crippen MR) is 104 cm³/mol. The van der Waals surface area contributed by atoms with E-state index < -0.39 is 5.54 Å². The zero-order chi connectivity index (χ0) is 18.0. The number of anilines is 1. The summed E-state index contributed by atoms with van der Waals surface area (Å²) >= 11 is 1.65. The summed E-state index contributed by atoms with van der Waals surface area (Å²) in [7, 11) is 0. The number of aliphatic hydroxyl groups excluding tert-OH is 1. The third kappa shape index (κ3) is 3.60. The standard InChI is InChI=1S/C19H23N3O2S/c1-5-24-14-8-6-13(7-9-14)15-12(2)25-18-16(15)17(20-11-21-18)22-19(3,4)10-23/h6-9,11,23H,5,10H2,1-4H3,(H,20,21,22). The Labute approximate surface area is 151 Å². The minimum atomic E-state index is -0.465. The van der Waals surface area contributed by atoms with E-state index in [1.54, 1.807) is 17.7 Å². The van der Waals surface area contributed by atoms with Crippen LogP contribution in [0.4, 0.5) is 5.82 Å². The molecule has 1 aromatic carbocycles. The van der Waals surface area contributed by atoms with Crippen LogP contribution in [0, 0.1) is 6.92 Å². The Kier molecular flexibility index (Phi) is 4.92. The zero-order valence-corrected chi connectivity index (χ0v) is 15.8. The predicted octanol–water partition coefficient (Wildman–Crippen LogP) is 4.25. The second kappa shape index (κ2) is 6.98. The van der Waals surface area contributed by atoms with Crippen LogP contribution in [0.5, 0.6) is 5.75 Å². The van der Waals surface area contributed by atoms with Gasteiger partial charge in [0.25, 0.3) is 0 Å². The van der Waals surface area contributed by atoms with E-state index in [0.29, 0.717) is 6.61 Å². The number of nitrogens with one attached hydrogen (secondary N) is 1. The third-order valence-electron chi connectivity index (χ3n) is 3.97. The molecule has 6 heteroatoms. The molecular weight excluding hydrogens is 334 g/mol. The van der Waals surface area contributed by atoms with Gasteiger partial charge in [-0.15, -0.1) is 11.3 Å². The van der Waals surface area contributed by atoms with E-state index in [9.17, 15) is 5.11 Å². The fourth-order valence-electron chi connectivity index (χ4n) is 2.73. The van der Waals surface area contributed by atoms with Gasteiger partial charge in [0.2, 0.25) is 0 Å². The van der Waals surface area contributed by atoms with Crippen molar-refractivity contribution >= 4 is 27.4 Å². The highest BCUT2D eigenvalue weighted by Gasteiger charge is 2.22. The summed E-state index contributed by atoms with van der Waals surface area (Å²) in [6.07, 6.45) is 1.57. The number of aliphatic hydroxyl groups is 1. The number of hydrogen-bond donors (Lipinski definition) is 2. The lowest BCUT2D eigenvalue weighted by Crippen LogP contribution is -2.35. The molecule has 0 spiro atoms. The summed E-state index contributed by atoms with van der Waals surface area (Å²) in [5.41, 5.74) is 1.76. The Bertz CT molecular complexity index is 872. The van der Waals surface area contributed by atoms with Crippen LogP contribution in [0.25, 0.3) is 21.3 Å². The highest BCUT2D eigenvalue weighted by atomic mass is 32.1. The minimum Gasteiger partial charge on any atom is -0.494 e. The van der Waals surface area contributed by atoms with Gasteiger partial charge in [-0.2, -0.15) is 0 Å². The Hall–Kier alpha value is -2.18. The zero-order valence-electron chi connectivity index (χ0n) is 15.0. The van der Waals surface area contributed by atoms with Crippen molar-refractivity contribution in [3.8, 4) is 16.9 Å². The van der Waals surface area contributed by atoms with E-state index in [0.717, 1.165) is 32.9 Å². The van der Waals surface area contributed by atoms with Gasteiger partial charge in [0.05, 0.1) is 24.1 Å². The number of aromatic nitrogens is 2. The average Bonchev–Trinajstić information content (AvgIpc) is 2.93. The molecule has 0 amide bonds. The molecule has 25 heavy (non-hydrogen) atoms. The van der Waals surface area contributed by atoms with Gasteiger partial charge in [0.1, 0.15) is 22.7 Å². The average molecular weight is 357 g/mol. The van der Waals surface area contributed by atoms with Gasteiger partial charge >= 0.3 is 0 Å². The highest BCUT2D eigenvalue weighted by molar-refractivity contribution is 7.19. The van der Waals surface area contributed by atoms with Gasteiger partial charge in [-0.05, 0) is 45.4 Å². The normalized spacial score (nSPS) is 11.7. The first-order valence-electron chi connectivity index (χ1n) is 8.31. The molecule has 0 aliphatic rings. The van der Waals surface area contributed by atoms with Gasteiger partial charge in [-0.3, -0.25) is 0 Å². The van der Waals surface area contributed by atoms with Crippen molar-refractivity contribution in [3.05, 3.63) is 35.5 Å². The molecule has 132 valence electrons. The molecule has 5 nitrogen and oxygen atoms in total. The van der Waals surface area contributed by atoms with Crippen LogP contribution in [0.3, 0.4) is 0 Å². The molecule has 0 unspecified atom stereocenters. The van der Waals surface area contributed by atoms with Gasteiger partial charge in [0, 0.05) is 10.4 Å². The van der Waals surface area contributed by atoms with E-state index in [4.69, 9.17) is 4.74 Å². The highest BCUT2D eigenvalue weighted by Crippen LogP contribution is 2.41. The van der Waals surface area contributed by atoms with E-state index in [2.05, 4.69) is 34.3 Å². The molecule has 2 aromatic heterocycles. The number of nitrogens with zero attached hydrogens (tertiary/aromatic N) is 2. The summed E-state index contributed by atoms with van der Waals surface area (Å²) in [6, 6.07) is 8.09. The molecule has 3 aromatic rings. The number of thiophene rings is 1. The maximum absolute atomic E-state index is 9.58. The van der Waals surface area contributed by atoms with E-state index in [1.807, 2.05) is 32.9 Å². The summed E-state index contributed by atoms with van der Waals surface area (Å²) < 4.78 is 5.54. The maximum Gasteiger partial charge on any atom is 0.139 e. The first-order chi connectivity index (χ1) is 11.9. The van der Waals surface area contributed by atoms with Crippen LogP contribution in [0.2, 0.25) is 0 Å². The largest absolute Gasteiger partial charge is 0.494 e. The Morgan fingerprint density at radius 1 is 1.20 bits per heavy atom. The first-order valence-corrected chi connectivity index (χ1v) is 9.13. The SMILES string of the molecule is CCOc1ccc(-c2c(C)sc3ncnc(NC(C)(C)CO)c23)cc1. The van der Waals surface area contributed by atoms with Gasteiger partial charge in [-0.25, -0.2) is 9.97 Å². The number of ether oxygens (including phenoxy) is 1. The molecular formula is C19H23N3O2S. The van der Waals surface area contributed by atoms with Crippen LogP contribution in [-0.2, 0) is 0 Å². The number of benzene rings is 1. The Morgan fingerprint density at radius 2 is 1.92 bits per heavy atom. The lowest BCUT2D eigenvalue weighted by molar-refractivity contribution is 0.234. The van der Waals surface area contributed by atoms with Crippen molar-refractivity contribution in [3.63, 3.8) is 0 Å². The van der Waals surface area contributed by atoms with Crippen molar-refractivity contribution < 1.29 is 9.84 Å². The monoisotopic (exact) mass is 357 g/mol. The molecule has 0 bridgehead atoms. The smallest absolute Gasteiger partial charge is 0.139 e. The quantitative estimate of drug-likeness (QED) is 0.690. The van der Waals surface area contributed by atoms with E-state index in [1.165, 1.54) is 4.88 Å². The lowest BCUT2D eigenvalue weighted by Gasteiger charge is -2.24. The summed E-state index contributed by atoms with van der Waals surface area (Å²) in [4.78, 5) is 11.0. The second-order valence-corrected chi connectivity index (χ2v) is 7.76. The van der Waals surface area contributed by atoms with Crippen LogP contribution in [-0.4, -0.2) is 33.8 Å². The van der Waals surface area contributed by atoms with Crippen LogP contribution < -0.4 is 10.1 Å². The number of hydrogen-bond acceptors (Lipinski definition) is 6. The molecule has 0 radical (unpaired) electrons. The molecule has 2 heterocycles. The Morgan fingerprint density at radius 3 is 2.56 bits per heavy atom. The van der Waals surface area contributed by atoms with Crippen molar-refractivity contribution in [2.45, 2.75) is 33.2 Å². The van der Waals surface area contributed by atoms with E-state index >= 15 is 0 Å². The molecule has 0 aliphatic carbocycles. The van der Waals surface area contributed by atoms with Crippen LogP contribution in [0.15, 0.2) is 30.6 Å². The molecule has 2 N–H and O–H groups in total. The molecule has 0 atom stereocenters. The maximum atomic E-state index is 9.58. The van der Waals surface area contributed by atoms with Crippen molar-refractivity contribution in [1.82, 2.24) is 9.97 Å². The molecule has 0 fully saturated rings. The lowest BCUT2D eigenvalue weighted by atomic mass is 10.0. The summed E-state index contributed by atoms with van der Waals surface area (Å²) in [5.74, 6) is 1.61. The Balaban J connectivity index is 2.13. The second-order valence-electron chi connectivity index (χ2n) is 6.56. The number of rotatable bonds is 6. The fraction of sp³-hybridized carbons (Fsp3) is 0.368. The molecule has 3 rings (SSSR count). The summed E-state index contributed by atoms with van der Waals surface area (Å²) in [5, 5.41) is 13.9. The fourth-order valence-corrected chi connectivity index (χ4v) is 3.74. The van der Waals surface area contributed by atoms with Gasteiger partial charge < -0.3 is 15.2 Å². The van der Waals surface area contributed by atoms with Crippen LogP contribution >= 0.6 is 11.3 Å². The van der Waals surface area contributed by atoms with Gasteiger partial charge in [-0.1, -0.05) is 12.1 Å². The van der Waals surface area contributed by atoms with E-state index in [-0.39, 0.29) is 6.61 Å². The van der Waals surface area contributed by atoms with Crippen molar-refractivity contribution in [2.75, 3.05) is 18.5 Å². The first kappa shape index (κ1) is 17.6. The van der Waals surface area contributed by atoms with Crippen molar-refractivity contribution in [2.24, 2.45) is 0 Å². The van der Waals surface area contributed by atoms with Crippen molar-refractivity contribution in [1.29, 1.82) is 0 Å². The molecule has 0 aliphatic heterocycles. The summed E-state index contributed by atoms with van der Waals surface area (Å²) in [6.45, 7) is 8.62. The number of fused-ring (bicyclic) bond motifs is 1. The minimum absolute atomic E-state index is 0.0139. The topological polar surface area (TPSA) is 67.3 Å². The molecule has 0 saturated carbocycles. The third-order valence-corrected chi connectivity index (χ3v) is 4.98.